The van der Waals surface area contributed by atoms with Gasteiger partial charge in [-0.25, -0.2) is 0 Å². The van der Waals surface area contributed by atoms with E-state index < -0.39 is 59.0 Å². The van der Waals surface area contributed by atoms with Crippen LogP contribution in [0.5, 0.6) is 0 Å². The maximum atomic E-state index is 14.8. The van der Waals surface area contributed by atoms with Gasteiger partial charge in [0.2, 0.25) is 23.5 Å². The highest BCUT2D eigenvalue weighted by Gasteiger charge is 2.51. The Kier molecular flexibility index (Phi) is 11.9. The summed E-state index contributed by atoms with van der Waals surface area (Å²) in [5.74, 6) is -2.94. The van der Waals surface area contributed by atoms with Gasteiger partial charge in [-0.3, -0.25) is 28.8 Å². The molecule has 0 aromatic carbocycles. The number of rotatable bonds is 13. The summed E-state index contributed by atoms with van der Waals surface area (Å²) >= 11 is 0. The van der Waals surface area contributed by atoms with Crippen molar-refractivity contribution in [3.05, 3.63) is 24.2 Å². The number of ketones is 1. The van der Waals surface area contributed by atoms with Gasteiger partial charge in [-0.2, -0.15) is 0 Å². The van der Waals surface area contributed by atoms with Gasteiger partial charge in [0, 0.05) is 12.1 Å². The van der Waals surface area contributed by atoms with Crippen LogP contribution >= 0.6 is 0 Å². The lowest BCUT2D eigenvalue weighted by atomic mass is 9.81. The van der Waals surface area contributed by atoms with Crippen LogP contribution < -0.4 is 21.3 Å². The molecular formula is C37H55N5O7. The number of hydrogen-bond donors (Lipinski definition) is 4. The van der Waals surface area contributed by atoms with E-state index in [1.54, 1.807) is 17.0 Å². The Morgan fingerprint density at radius 2 is 1.59 bits per heavy atom. The topological polar surface area (TPSA) is 167 Å². The minimum Gasteiger partial charge on any atom is -0.459 e. The summed E-state index contributed by atoms with van der Waals surface area (Å²) in [7, 11) is 0. The Morgan fingerprint density at radius 1 is 0.898 bits per heavy atom. The number of Topliss-reactive ketones (excluding diaryl/α,β-unsaturated/α-hetero) is 1. The molecule has 0 radical (unpaired) electrons. The summed E-state index contributed by atoms with van der Waals surface area (Å²) < 4.78 is 5.29. The van der Waals surface area contributed by atoms with Gasteiger partial charge < -0.3 is 30.6 Å². The summed E-state index contributed by atoms with van der Waals surface area (Å²) in [5, 5.41) is 11.5. The molecule has 5 amide bonds. The quantitative estimate of drug-likeness (QED) is 0.230. The minimum atomic E-state index is -0.986. The highest BCUT2D eigenvalue weighted by Crippen LogP contribution is 2.41. The molecule has 3 saturated carbocycles. The van der Waals surface area contributed by atoms with E-state index in [1.807, 2.05) is 27.7 Å². The van der Waals surface area contributed by atoms with Crippen molar-refractivity contribution in [3.8, 4) is 0 Å². The summed E-state index contributed by atoms with van der Waals surface area (Å²) in [5.41, 5.74) is -0.732. The Labute approximate surface area is 289 Å². The lowest BCUT2D eigenvalue weighted by Gasteiger charge is -2.40. The van der Waals surface area contributed by atoms with E-state index in [1.165, 1.54) is 6.26 Å². The number of furan rings is 1. The third kappa shape index (κ3) is 8.91. The van der Waals surface area contributed by atoms with Crippen LogP contribution in [0.25, 0.3) is 0 Å². The van der Waals surface area contributed by atoms with E-state index in [0.29, 0.717) is 19.3 Å². The molecule has 4 aliphatic rings. The molecule has 1 aliphatic heterocycles. The molecular weight excluding hydrogens is 626 g/mol. The van der Waals surface area contributed by atoms with Gasteiger partial charge >= 0.3 is 0 Å². The molecule has 1 aromatic rings. The molecule has 6 atom stereocenters. The van der Waals surface area contributed by atoms with Crippen molar-refractivity contribution in [1.82, 2.24) is 26.2 Å². The van der Waals surface area contributed by atoms with Crippen LogP contribution in [0, 0.1) is 17.3 Å². The van der Waals surface area contributed by atoms with Gasteiger partial charge in [-0.1, -0.05) is 66.2 Å². The fourth-order valence-electron chi connectivity index (χ4n) is 7.99. The molecule has 2 heterocycles. The largest absolute Gasteiger partial charge is 0.459 e. The van der Waals surface area contributed by atoms with Crippen molar-refractivity contribution in [2.24, 2.45) is 17.3 Å². The first-order chi connectivity index (χ1) is 23.4. The monoisotopic (exact) mass is 681 g/mol. The number of nitrogens with zero attached hydrogens (tertiary/aromatic N) is 1. The number of carbonyl (C=O) groups is 6. The molecule has 270 valence electrons. The number of hydrogen-bond acceptors (Lipinski definition) is 7. The zero-order chi connectivity index (χ0) is 35.3. The second-order valence-electron chi connectivity index (χ2n) is 15.7. The molecule has 1 saturated heterocycles. The molecule has 3 unspecified atom stereocenters. The summed E-state index contributed by atoms with van der Waals surface area (Å²) in [6.07, 6.45) is 12.5. The van der Waals surface area contributed by atoms with Gasteiger partial charge in [0.15, 0.2) is 5.76 Å². The first-order valence-electron chi connectivity index (χ1n) is 18.5. The first-order valence-corrected chi connectivity index (χ1v) is 18.5. The normalized spacial score (nSPS) is 24.6. The van der Waals surface area contributed by atoms with Crippen molar-refractivity contribution >= 4 is 35.3 Å². The second kappa shape index (κ2) is 15.9. The summed E-state index contributed by atoms with van der Waals surface area (Å²) in [6.45, 7) is 7.53. The number of amides is 5. The fourth-order valence-corrected chi connectivity index (χ4v) is 7.99. The van der Waals surface area contributed by atoms with Crippen molar-refractivity contribution in [3.63, 3.8) is 0 Å². The predicted octanol–water partition coefficient (Wildman–Crippen LogP) is 3.78. The van der Waals surface area contributed by atoms with Gasteiger partial charge in [0.25, 0.3) is 11.8 Å². The first kappa shape index (κ1) is 36.6. The van der Waals surface area contributed by atoms with Crippen molar-refractivity contribution in [2.45, 2.75) is 154 Å². The molecule has 0 bridgehead atoms. The SMILES string of the molecule is CCC[C@H](NC(=O)[C@@H]1CC2CCCCC2N1C(=O)[C@@H](NC(=O)C(NC(=O)c1ccco1)C1CCCCC1)C(C)(C)C)C(=O)C(=O)NC1CC1. The average Bonchev–Trinajstić information content (AvgIpc) is 3.55. The average molecular weight is 682 g/mol. The minimum absolute atomic E-state index is 0.0150. The van der Waals surface area contributed by atoms with Crippen LogP contribution in [0.3, 0.4) is 0 Å². The molecule has 3 aliphatic carbocycles. The van der Waals surface area contributed by atoms with E-state index in [-0.39, 0.29) is 35.6 Å². The van der Waals surface area contributed by atoms with E-state index in [4.69, 9.17) is 4.42 Å². The number of carbonyl (C=O) groups excluding carboxylic acids is 6. The molecule has 4 N–H and O–H groups in total. The van der Waals surface area contributed by atoms with Crippen LogP contribution in [-0.2, 0) is 24.0 Å². The standard InChI is InChI=1S/C37H55N5O7/c1-5-12-25(30(43)35(47)38-24-18-19-24)39-32(44)27-21-23-15-9-10-16-26(23)42(27)36(48)31(37(2,3)4)41-34(46)29(22-13-7-6-8-14-22)40-33(45)28-17-11-20-49-28/h11,17,20,22-27,29,31H,5-10,12-16,18-19,21H2,1-4H3,(H,38,47)(H,39,44)(H,40,45)(H,41,46)/t23?,25-,26?,27-,29?,31+/m0/s1. The lowest BCUT2D eigenvalue weighted by molar-refractivity contribution is -0.147. The molecule has 12 heteroatoms. The highest BCUT2D eigenvalue weighted by molar-refractivity contribution is 6.38. The zero-order valence-corrected chi connectivity index (χ0v) is 29.6. The van der Waals surface area contributed by atoms with Gasteiger partial charge in [0.1, 0.15) is 18.1 Å². The van der Waals surface area contributed by atoms with E-state index >= 15 is 0 Å². The zero-order valence-electron chi connectivity index (χ0n) is 29.6. The molecule has 49 heavy (non-hydrogen) atoms. The van der Waals surface area contributed by atoms with E-state index in [9.17, 15) is 28.8 Å². The maximum absolute atomic E-state index is 14.8. The van der Waals surface area contributed by atoms with Crippen LogP contribution in [0.2, 0.25) is 0 Å². The predicted molar refractivity (Wildman–Crippen MR) is 182 cm³/mol. The van der Waals surface area contributed by atoms with E-state index in [0.717, 1.165) is 70.6 Å². The fraction of sp³-hybridized carbons (Fsp3) is 0.730. The van der Waals surface area contributed by atoms with Crippen molar-refractivity contribution < 1.29 is 33.2 Å². The van der Waals surface area contributed by atoms with Crippen molar-refractivity contribution in [1.29, 1.82) is 0 Å². The Bertz CT molecular complexity index is 1360. The molecule has 1 aromatic heterocycles. The third-order valence-electron chi connectivity index (χ3n) is 10.8. The Balaban J connectivity index is 1.37. The summed E-state index contributed by atoms with van der Waals surface area (Å²) in [6, 6.07) is -0.672. The molecule has 0 spiro atoms. The number of nitrogens with one attached hydrogen (secondary N) is 4. The van der Waals surface area contributed by atoms with Crippen LogP contribution in [0.15, 0.2) is 22.8 Å². The van der Waals surface area contributed by atoms with Crippen LogP contribution in [0.1, 0.15) is 128 Å². The maximum Gasteiger partial charge on any atom is 0.289 e. The number of likely N-dealkylation sites (tertiary alicyclic amines) is 1. The van der Waals surface area contributed by atoms with Crippen LogP contribution in [0.4, 0.5) is 0 Å². The Morgan fingerprint density at radius 3 is 2.22 bits per heavy atom. The Hall–Kier alpha value is -3.70. The smallest absolute Gasteiger partial charge is 0.289 e. The lowest BCUT2D eigenvalue weighted by Crippen LogP contribution is -2.63. The molecule has 5 rings (SSSR count). The van der Waals surface area contributed by atoms with Gasteiger partial charge in [-0.15, -0.1) is 0 Å². The summed E-state index contributed by atoms with van der Waals surface area (Å²) in [4.78, 5) is 83.6. The van der Waals surface area contributed by atoms with Gasteiger partial charge in [-0.05, 0) is 80.8 Å². The third-order valence-corrected chi connectivity index (χ3v) is 10.8. The number of fused-ring (bicyclic) bond motifs is 1. The second-order valence-corrected chi connectivity index (χ2v) is 15.7. The van der Waals surface area contributed by atoms with Crippen LogP contribution in [-0.4, -0.2) is 76.5 Å². The van der Waals surface area contributed by atoms with E-state index in [2.05, 4.69) is 21.3 Å². The molecule has 12 nitrogen and oxygen atoms in total. The van der Waals surface area contributed by atoms with Crippen molar-refractivity contribution in [2.75, 3.05) is 0 Å². The van der Waals surface area contributed by atoms with Gasteiger partial charge in [0.05, 0.1) is 12.3 Å². The highest BCUT2D eigenvalue weighted by atomic mass is 16.3. The molecule has 4 fully saturated rings.